The van der Waals surface area contributed by atoms with Crippen LogP contribution in [-0.2, 0) is 46.5 Å². The minimum Gasteiger partial charge on any atom is -0.493 e. The third-order valence-electron chi connectivity index (χ3n) is 17.9. The normalized spacial score (nSPS) is 25.1. The number of carboxylic acid groups (broad SMARTS) is 2. The number of nitrogens with one attached hydrogen (secondary N) is 2. The van der Waals surface area contributed by atoms with Gasteiger partial charge in [-0.05, 0) is 93.5 Å². The fourth-order valence-electron chi connectivity index (χ4n) is 12.6. The molecular weight excluding hydrogens is 1360 g/mol. The Morgan fingerprint density at radius 2 is 1.07 bits per heavy atom. The lowest BCUT2D eigenvalue weighted by Gasteiger charge is -2.38. The van der Waals surface area contributed by atoms with Crippen molar-refractivity contribution >= 4 is 59.1 Å². The molecule has 4 aromatic carbocycles. The first kappa shape index (κ1) is 75.8. The van der Waals surface area contributed by atoms with Crippen molar-refractivity contribution in [2.75, 3.05) is 77.1 Å². The quantitative estimate of drug-likeness (QED) is 0.0314. The number of ether oxygens (including phenoxy) is 11. The minimum absolute atomic E-state index is 0.0309. The van der Waals surface area contributed by atoms with Gasteiger partial charge >= 0.3 is 24.1 Å². The van der Waals surface area contributed by atoms with Gasteiger partial charge < -0.3 is 118 Å². The van der Waals surface area contributed by atoms with E-state index in [0.29, 0.717) is 31.3 Å². The molecule has 103 heavy (non-hydrogen) atoms. The number of benzene rings is 4. The zero-order valence-electron chi connectivity index (χ0n) is 56.7. The summed E-state index contributed by atoms with van der Waals surface area (Å²) >= 11 is 0. The number of aliphatic hydroxyl groups is 7. The van der Waals surface area contributed by atoms with E-state index in [0.717, 1.165) is 10.5 Å². The average molecular weight is 1440 g/mol. The Kier molecular flexibility index (Phi) is 24.0. The SMILES string of the molecule is C=C1C[C@H]2CN(C(=O)OCc3ccc(O[C@@H]4O[C@H](C(=O)O)[C@@H](O)[C@H](O)[C@H]4O)c(C(=O)NCCOC)c3)c3cc(OCCCCCOc4cc5c(cc4OC)C(=O)N4CC(=C)C[C@H]4C(O)N5C(=O)OCc4ccc(O[C@@H]5O[C@H](C(=O)O)[C@@H](O)[C@H](O)[C@H]5O)c(C(=O)NC(C)C)c4)c(OC)cc3C(=O)N2C1. The Labute approximate surface area is 588 Å². The fraction of sp³-hybridized carbons (Fsp3) is 0.478. The van der Waals surface area contributed by atoms with Gasteiger partial charge in [0.05, 0.1) is 86.3 Å². The molecular formula is C69H82N6O28. The molecule has 13 atom stereocenters. The molecule has 0 spiro atoms. The van der Waals surface area contributed by atoms with Crippen molar-refractivity contribution in [3.05, 3.63) is 118 Å². The monoisotopic (exact) mass is 1440 g/mol. The van der Waals surface area contributed by atoms with Crippen molar-refractivity contribution in [3.8, 4) is 34.5 Å². The molecule has 6 aliphatic heterocycles. The van der Waals surface area contributed by atoms with Crippen LogP contribution in [0.1, 0.15) is 98.5 Å². The van der Waals surface area contributed by atoms with E-state index in [9.17, 15) is 84.3 Å². The van der Waals surface area contributed by atoms with Crippen LogP contribution in [0, 0.1) is 0 Å². The van der Waals surface area contributed by atoms with Crippen molar-refractivity contribution in [1.82, 2.24) is 20.4 Å². The zero-order valence-corrected chi connectivity index (χ0v) is 56.7. The second-order valence-corrected chi connectivity index (χ2v) is 25.5. The number of hydrogen-bond donors (Lipinski definition) is 11. The van der Waals surface area contributed by atoms with E-state index in [4.69, 9.17) is 52.1 Å². The van der Waals surface area contributed by atoms with Crippen molar-refractivity contribution in [1.29, 1.82) is 0 Å². The third-order valence-corrected chi connectivity index (χ3v) is 17.9. The maximum atomic E-state index is 14.5. The van der Waals surface area contributed by atoms with E-state index in [1.807, 2.05) is 0 Å². The molecule has 34 heteroatoms. The first-order valence-electron chi connectivity index (χ1n) is 32.9. The molecule has 4 saturated heterocycles. The molecule has 34 nitrogen and oxygen atoms in total. The van der Waals surface area contributed by atoms with Gasteiger partial charge in [0.1, 0.15) is 61.3 Å². The van der Waals surface area contributed by atoms with Crippen LogP contribution in [0.25, 0.3) is 0 Å². The summed E-state index contributed by atoms with van der Waals surface area (Å²) in [5.41, 5.74) is 1.54. The Morgan fingerprint density at radius 3 is 1.59 bits per heavy atom. The van der Waals surface area contributed by atoms with Gasteiger partial charge in [0, 0.05) is 44.9 Å². The van der Waals surface area contributed by atoms with Gasteiger partial charge in [0.2, 0.25) is 12.6 Å². The molecule has 6 heterocycles. The van der Waals surface area contributed by atoms with Gasteiger partial charge in [-0.15, -0.1) is 0 Å². The van der Waals surface area contributed by atoms with E-state index in [1.165, 1.54) is 91.8 Å². The van der Waals surface area contributed by atoms with E-state index in [2.05, 4.69) is 23.8 Å². The zero-order chi connectivity index (χ0) is 74.4. The summed E-state index contributed by atoms with van der Waals surface area (Å²) in [5.74, 6) is -5.65. The number of aliphatic hydroxyl groups excluding tert-OH is 7. The average Bonchev–Trinajstić information content (AvgIpc) is 1.65. The first-order valence-corrected chi connectivity index (χ1v) is 32.9. The summed E-state index contributed by atoms with van der Waals surface area (Å²) < 4.78 is 62.8. The molecule has 4 aromatic rings. The van der Waals surface area contributed by atoms with Crippen LogP contribution < -0.4 is 48.9 Å². The third kappa shape index (κ3) is 16.5. The predicted molar refractivity (Wildman–Crippen MR) is 354 cm³/mol. The second kappa shape index (κ2) is 32.6. The van der Waals surface area contributed by atoms with Gasteiger partial charge in [0.15, 0.2) is 41.4 Å². The van der Waals surface area contributed by atoms with Gasteiger partial charge in [-0.25, -0.2) is 24.1 Å². The maximum Gasteiger partial charge on any atom is 0.416 e. The Bertz CT molecular complexity index is 3910. The van der Waals surface area contributed by atoms with Crippen LogP contribution >= 0.6 is 0 Å². The van der Waals surface area contributed by atoms with Gasteiger partial charge in [-0.3, -0.25) is 24.1 Å². The highest BCUT2D eigenvalue weighted by Crippen LogP contribution is 2.44. The van der Waals surface area contributed by atoms with Crippen LogP contribution in [0.15, 0.2) is 85.0 Å². The molecule has 0 radical (unpaired) electrons. The van der Waals surface area contributed by atoms with Gasteiger partial charge in [-0.1, -0.05) is 36.4 Å². The van der Waals surface area contributed by atoms with Crippen molar-refractivity contribution in [3.63, 3.8) is 0 Å². The molecule has 10 rings (SSSR count). The number of hydrogen-bond acceptors (Lipinski definition) is 26. The molecule has 0 aromatic heterocycles. The number of anilines is 2. The number of aliphatic carboxylic acids is 2. The number of amides is 6. The smallest absolute Gasteiger partial charge is 0.416 e. The molecule has 556 valence electrons. The van der Waals surface area contributed by atoms with Crippen molar-refractivity contribution in [2.45, 2.75) is 145 Å². The van der Waals surface area contributed by atoms with Gasteiger partial charge in [-0.2, -0.15) is 0 Å². The summed E-state index contributed by atoms with van der Waals surface area (Å²) in [6, 6.07) is 11.8. The first-order chi connectivity index (χ1) is 49.1. The summed E-state index contributed by atoms with van der Waals surface area (Å²) in [4.78, 5) is 114. The van der Waals surface area contributed by atoms with Crippen molar-refractivity contribution in [2.24, 2.45) is 0 Å². The number of nitrogens with zero attached hydrogens (tertiary/aromatic N) is 4. The van der Waals surface area contributed by atoms with Gasteiger partial charge in [0.25, 0.3) is 23.6 Å². The number of unbranched alkanes of at least 4 members (excludes halogenated alkanes) is 2. The molecule has 6 aliphatic rings. The summed E-state index contributed by atoms with van der Waals surface area (Å²) in [6.45, 7) is 11.0. The summed E-state index contributed by atoms with van der Waals surface area (Å²) in [6.07, 6.45) is -21.6. The van der Waals surface area contributed by atoms with Crippen LogP contribution in [0.3, 0.4) is 0 Å². The molecule has 0 aliphatic carbocycles. The minimum atomic E-state index is -2.01. The fourth-order valence-corrected chi connectivity index (χ4v) is 12.6. The van der Waals surface area contributed by atoms with Crippen LogP contribution in [-0.4, -0.2) is 257 Å². The molecule has 0 saturated carbocycles. The lowest BCUT2D eigenvalue weighted by molar-refractivity contribution is -0.271. The van der Waals surface area contributed by atoms with Crippen LogP contribution in [0.4, 0.5) is 21.0 Å². The predicted octanol–water partition coefficient (Wildman–Crippen LogP) is 1.56. The van der Waals surface area contributed by atoms with Crippen LogP contribution in [0.2, 0.25) is 0 Å². The van der Waals surface area contributed by atoms with Crippen molar-refractivity contribution < 1.29 is 136 Å². The number of carbonyl (C=O) groups is 8. The Morgan fingerprint density at radius 1 is 0.573 bits per heavy atom. The topological polar surface area (TPSA) is 457 Å². The molecule has 4 fully saturated rings. The molecule has 6 amide bonds. The van der Waals surface area contributed by atoms with E-state index >= 15 is 0 Å². The number of carboxylic acids is 2. The van der Waals surface area contributed by atoms with Crippen LogP contribution in [0.5, 0.6) is 34.5 Å². The Hall–Kier alpha value is -9.88. The standard InChI is InChI=1S/C69H82N6O28/c1-32(2)71-60(83)41-22-36(12-14-46(41)101-67-56(81)52(77)54(79)58(103-67)65(89)90)31-99-69(92)75-43-26-50(48(95-7)24-39(43)62(85)73-28-34(4)20-44(73)63(75)86)97-17-10-8-9-16-96-49-25-42-38(23-47(49)94-6)61(84)72-27-33(3)19-37(72)29-74(42)68(91)98-30-35-11-13-45(40(21-35)59(82)70-15-18-93-5)100-66-55(80)51(76)53(78)57(102-66)64(87)88/h11-14,21-26,32,37,44,51-58,63,66-67,76-81,86H,3-4,8-10,15-20,27-31H2,1-2,5-7H3,(H,70,82)(H,71,83)(H,87,88)(H,89,90)/t37-,44-,51-,52-,53-,54-,55+,56+,57-,58-,63?,66+,67+/m0/s1. The lowest BCUT2D eigenvalue weighted by atomic mass is 9.99. The number of rotatable bonds is 26. The molecule has 1 unspecified atom stereocenters. The highest BCUT2D eigenvalue weighted by atomic mass is 16.7. The maximum absolute atomic E-state index is 14.5. The number of fused-ring (bicyclic) bond motifs is 4. The summed E-state index contributed by atoms with van der Waals surface area (Å²) in [7, 11) is 4.17. The largest absolute Gasteiger partial charge is 0.493 e. The van der Waals surface area contributed by atoms with E-state index < -0.39 is 147 Å². The highest BCUT2D eigenvalue weighted by Gasteiger charge is 2.51. The Balaban J connectivity index is 0.815. The van der Waals surface area contributed by atoms with E-state index in [-0.39, 0.29) is 132 Å². The summed E-state index contributed by atoms with van der Waals surface area (Å²) in [5, 5.41) is 99.3. The molecule has 0 bridgehead atoms. The lowest BCUT2D eigenvalue weighted by Crippen LogP contribution is -2.61. The molecule has 11 N–H and O–H groups in total. The van der Waals surface area contributed by atoms with E-state index in [1.54, 1.807) is 18.7 Å². The second-order valence-electron chi connectivity index (χ2n) is 25.5. The highest BCUT2D eigenvalue weighted by molar-refractivity contribution is 6.07. The number of carbonyl (C=O) groups excluding carboxylic acids is 6. The number of methoxy groups -OCH3 is 3.